The van der Waals surface area contributed by atoms with Gasteiger partial charge in [-0.25, -0.2) is 0 Å². The van der Waals surface area contributed by atoms with Crippen LogP contribution in [0.1, 0.15) is 19.6 Å². The Morgan fingerprint density at radius 3 is 2.67 bits per heavy atom. The number of carbonyl (C=O) groups is 1. The second-order valence-corrected chi connectivity index (χ2v) is 2.29. The molecule has 5 nitrogen and oxygen atoms in total. The van der Waals surface area contributed by atoms with Crippen molar-refractivity contribution in [2.45, 2.75) is 20.3 Å². The summed E-state index contributed by atoms with van der Waals surface area (Å²) >= 11 is 0. The minimum Gasteiger partial charge on any atom is -0.469 e. The van der Waals surface area contributed by atoms with Gasteiger partial charge in [0.05, 0.1) is 11.2 Å². The molecule has 82 valence electrons. The zero-order valence-electron chi connectivity index (χ0n) is 8.67. The zero-order valence-corrected chi connectivity index (χ0v) is 8.67. The lowest BCUT2D eigenvalue weighted by atomic mass is 10.3. The number of rotatable bonds is 4. The van der Waals surface area contributed by atoms with Crippen LogP contribution in [0.5, 0.6) is 0 Å². The molecule has 0 aliphatic rings. The van der Waals surface area contributed by atoms with Crippen molar-refractivity contribution in [3.63, 3.8) is 0 Å². The number of hydrogen-bond donors (Lipinski definition) is 0. The molecule has 0 N–H and O–H groups in total. The van der Waals surface area contributed by atoms with E-state index in [4.69, 9.17) is 4.42 Å². The van der Waals surface area contributed by atoms with Gasteiger partial charge in [-0.1, -0.05) is 13.8 Å². The van der Waals surface area contributed by atoms with Crippen molar-refractivity contribution in [2.24, 2.45) is 0 Å². The van der Waals surface area contributed by atoms with E-state index < -0.39 is 10.6 Å². The summed E-state index contributed by atoms with van der Waals surface area (Å²) in [6.07, 6.45) is 3.15. The van der Waals surface area contributed by atoms with Gasteiger partial charge < -0.3 is 4.42 Å². The highest BCUT2D eigenvalue weighted by Gasteiger charge is 2.07. The first-order valence-electron chi connectivity index (χ1n) is 4.56. The van der Waals surface area contributed by atoms with Crippen LogP contribution in [0.15, 0.2) is 34.6 Å². The fourth-order valence-corrected chi connectivity index (χ4v) is 0.800. The maximum atomic E-state index is 10.2. The van der Waals surface area contributed by atoms with Crippen LogP contribution in [0.4, 0.5) is 0 Å². The lowest BCUT2D eigenvalue weighted by Gasteiger charge is -1.88. The third-order valence-corrected chi connectivity index (χ3v) is 1.42. The molecule has 0 bridgehead atoms. The second-order valence-electron chi connectivity index (χ2n) is 2.29. The molecule has 0 saturated carbocycles. The topological polar surface area (TPSA) is 73.3 Å². The van der Waals surface area contributed by atoms with Crippen molar-refractivity contribution >= 4 is 6.29 Å². The molecule has 0 fully saturated rings. The number of allylic oxidation sites excluding steroid dienone is 2. The number of nitrogens with zero attached hydrogens (tertiary/aromatic N) is 1. The van der Waals surface area contributed by atoms with Crippen molar-refractivity contribution in [3.8, 4) is 0 Å². The summed E-state index contributed by atoms with van der Waals surface area (Å²) in [5, 5.41) is 10.2. The molecule has 0 atom stereocenters. The molecule has 0 aliphatic carbocycles. The quantitative estimate of drug-likeness (QED) is 0.331. The van der Waals surface area contributed by atoms with Crippen LogP contribution in [0.2, 0.25) is 0 Å². The number of nitro groups is 1. The number of carbonyl (C=O) groups excluding carboxylic acids is 1. The van der Waals surface area contributed by atoms with Gasteiger partial charge in [0.2, 0.25) is 6.29 Å². The first kappa shape index (κ1) is 13.1. The Bertz CT molecular complexity index is 327. The van der Waals surface area contributed by atoms with Crippen molar-refractivity contribution in [3.05, 3.63) is 46.0 Å². The molecular formula is C10H13NO4. The molecule has 0 spiro atoms. The number of hydrogen-bond acceptors (Lipinski definition) is 4. The van der Waals surface area contributed by atoms with Gasteiger partial charge in [0, 0.05) is 12.5 Å². The average molecular weight is 211 g/mol. The highest BCUT2D eigenvalue weighted by Crippen LogP contribution is 2.03. The van der Waals surface area contributed by atoms with Crippen LogP contribution < -0.4 is 0 Å². The summed E-state index contributed by atoms with van der Waals surface area (Å²) in [5.74, 6) is 0.584. The van der Waals surface area contributed by atoms with Crippen molar-refractivity contribution in [1.82, 2.24) is 0 Å². The van der Waals surface area contributed by atoms with Gasteiger partial charge in [0.15, 0.2) is 0 Å². The summed E-state index contributed by atoms with van der Waals surface area (Å²) in [6, 6.07) is 3.36. The lowest BCUT2D eigenvalue weighted by molar-refractivity contribution is -0.417. The Hall–Kier alpha value is -1.91. The number of furan rings is 1. The second kappa shape index (κ2) is 7.49. The largest absolute Gasteiger partial charge is 0.469 e. The Balaban J connectivity index is 0.000000921. The van der Waals surface area contributed by atoms with E-state index in [-0.39, 0.29) is 12.7 Å². The van der Waals surface area contributed by atoms with Crippen LogP contribution in [-0.4, -0.2) is 11.2 Å². The van der Waals surface area contributed by atoms with Crippen molar-refractivity contribution in [1.29, 1.82) is 0 Å². The first-order valence-corrected chi connectivity index (χ1v) is 4.56. The molecule has 1 rings (SSSR count). The van der Waals surface area contributed by atoms with Gasteiger partial charge in [-0.05, 0) is 12.1 Å². The van der Waals surface area contributed by atoms with E-state index in [0.717, 1.165) is 0 Å². The molecule has 0 aromatic carbocycles. The smallest absolute Gasteiger partial charge is 0.305 e. The average Bonchev–Trinajstić information content (AvgIpc) is 2.74. The van der Waals surface area contributed by atoms with Crippen LogP contribution >= 0.6 is 0 Å². The summed E-state index contributed by atoms with van der Waals surface area (Å²) in [6.45, 7) is 4.00. The van der Waals surface area contributed by atoms with E-state index in [1.165, 1.54) is 12.3 Å². The van der Waals surface area contributed by atoms with E-state index in [1.807, 2.05) is 13.8 Å². The molecular weight excluding hydrogens is 198 g/mol. The predicted octanol–water partition coefficient (Wildman–Crippen LogP) is 2.21. The fraction of sp³-hybridized carbons (Fsp3) is 0.300. The van der Waals surface area contributed by atoms with Gasteiger partial charge >= 0.3 is 5.70 Å². The van der Waals surface area contributed by atoms with Gasteiger partial charge in [-0.15, -0.1) is 0 Å². The highest BCUT2D eigenvalue weighted by atomic mass is 16.6. The maximum Gasteiger partial charge on any atom is 0.305 e. The molecule has 1 aromatic heterocycles. The van der Waals surface area contributed by atoms with Crippen LogP contribution in [0.25, 0.3) is 0 Å². The Labute approximate surface area is 87.5 Å². The Morgan fingerprint density at radius 1 is 1.60 bits per heavy atom. The van der Waals surface area contributed by atoms with E-state index in [9.17, 15) is 14.9 Å². The normalized spacial score (nSPS) is 10.1. The van der Waals surface area contributed by atoms with E-state index in [0.29, 0.717) is 5.76 Å². The molecule has 0 saturated heterocycles. The highest BCUT2D eigenvalue weighted by molar-refractivity contribution is 5.69. The molecule has 0 unspecified atom stereocenters. The van der Waals surface area contributed by atoms with E-state index >= 15 is 0 Å². The van der Waals surface area contributed by atoms with E-state index in [2.05, 4.69) is 0 Å². The van der Waals surface area contributed by atoms with Gasteiger partial charge in [0.1, 0.15) is 5.76 Å². The zero-order chi connectivity index (χ0) is 11.7. The van der Waals surface area contributed by atoms with Gasteiger partial charge in [-0.2, -0.15) is 0 Å². The summed E-state index contributed by atoms with van der Waals surface area (Å²) in [5.41, 5.74) is -0.448. The third kappa shape index (κ3) is 4.75. The van der Waals surface area contributed by atoms with Crippen molar-refractivity contribution in [2.75, 3.05) is 0 Å². The van der Waals surface area contributed by atoms with Gasteiger partial charge in [-0.3, -0.25) is 14.9 Å². The Morgan fingerprint density at radius 2 is 2.27 bits per heavy atom. The van der Waals surface area contributed by atoms with E-state index in [1.54, 1.807) is 12.1 Å². The third-order valence-electron chi connectivity index (χ3n) is 1.42. The first-order chi connectivity index (χ1) is 7.24. The molecule has 5 heteroatoms. The lowest BCUT2D eigenvalue weighted by Crippen LogP contribution is -2.00. The number of aldehydes is 1. The Kier molecular flexibility index (Phi) is 6.54. The monoisotopic (exact) mass is 211 g/mol. The van der Waals surface area contributed by atoms with Crippen LogP contribution in [0.3, 0.4) is 0 Å². The SMILES string of the molecule is CC.O=C/C(=C/Cc1ccco1)[N+](=O)[O-]. The van der Waals surface area contributed by atoms with Crippen LogP contribution in [-0.2, 0) is 11.2 Å². The summed E-state index contributed by atoms with van der Waals surface area (Å²) in [7, 11) is 0. The summed E-state index contributed by atoms with van der Waals surface area (Å²) < 4.78 is 4.93. The summed E-state index contributed by atoms with van der Waals surface area (Å²) in [4.78, 5) is 19.6. The minimum atomic E-state index is -0.726. The fourth-order valence-electron chi connectivity index (χ4n) is 0.800. The minimum absolute atomic E-state index is 0.211. The molecule has 1 aromatic rings. The molecule has 1 heterocycles. The predicted molar refractivity (Wildman–Crippen MR) is 54.9 cm³/mol. The van der Waals surface area contributed by atoms with Crippen LogP contribution in [0, 0.1) is 10.1 Å². The standard InChI is InChI=1S/C8H7NO4.C2H6/c10-6-7(9(11)12)3-4-8-2-1-5-13-8;1-2/h1-3,5-6H,4H2;1-2H3/b7-3-;. The van der Waals surface area contributed by atoms with Crippen molar-refractivity contribution < 1.29 is 14.1 Å². The molecule has 0 amide bonds. The maximum absolute atomic E-state index is 10.2. The molecule has 0 radical (unpaired) electrons. The van der Waals surface area contributed by atoms with Gasteiger partial charge in [0.25, 0.3) is 0 Å². The molecule has 0 aliphatic heterocycles. The molecule has 15 heavy (non-hydrogen) atoms.